The average Bonchev–Trinajstić information content (AvgIpc) is 2.67. The van der Waals surface area contributed by atoms with Gasteiger partial charge in [-0.2, -0.15) is 0 Å². The van der Waals surface area contributed by atoms with Crippen LogP contribution < -0.4 is 0 Å². The summed E-state index contributed by atoms with van der Waals surface area (Å²) in [5, 5.41) is 1.86. The van der Waals surface area contributed by atoms with E-state index in [1.807, 2.05) is 11.4 Å². The van der Waals surface area contributed by atoms with E-state index in [0.717, 1.165) is 16.1 Å². The molecule has 0 amide bonds. The number of thiophene rings is 1. The highest BCUT2D eigenvalue weighted by molar-refractivity contribution is 7.13. The van der Waals surface area contributed by atoms with Gasteiger partial charge in [0.15, 0.2) is 0 Å². The van der Waals surface area contributed by atoms with Crippen molar-refractivity contribution in [1.29, 1.82) is 0 Å². The summed E-state index contributed by atoms with van der Waals surface area (Å²) in [5.74, 6) is -0.446. The molecule has 2 aromatic rings. The molecule has 0 saturated carbocycles. The lowest BCUT2D eigenvalue weighted by Gasteiger charge is -1.92. The summed E-state index contributed by atoms with van der Waals surface area (Å²) in [6, 6.07) is 1.86. The summed E-state index contributed by atoms with van der Waals surface area (Å²) >= 11 is 1.50. The Kier molecular flexibility index (Phi) is 2.87. The van der Waals surface area contributed by atoms with Crippen LogP contribution in [0.2, 0.25) is 0 Å². The molecule has 2 rings (SSSR count). The van der Waals surface area contributed by atoms with Gasteiger partial charge < -0.3 is 0 Å². The SMILES string of the molecule is [CH2]/C(F)=C/c1csc(-c2cnccn2)c1. The normalized spacial score (nSPS) is 11.7. The Balaban J connectivity index is 2.32. The molecule has 1 radical (unpaired) electrons. The van der Waals surface area contributed by atoms with Gasteiger partial charge in [-0.3, -0.25) is 9.97 Å². The Morgan fingerprint density at radius 1 is 1.47 bits per heavy atom. The predicted octanol–water partition coefficient (Wildman–Crippen LogP) is 3.35. The fourth-order valence-electron chi connectivity index (χ4n) is 1.17. The maximum Gasteiger partial charge on any atom is 0.101 e. The van der Waals surface area contributed by atoms with Crippen molar-refractivity contribution in [2.24, 2.45) is 0 Å². The molecule has 4 heteroatoms. The van der Waals surface area contributed by atoms with Crippen LogP contribution in [0.25, 0.3) is 16.6 Å². The van der Waals surface area contributed by atoms with E-state index >= 15 is 0 Å². The number of hydrogen-bond donors (Lipinski definition) is 0. The lowest BCUT2D eigenvalue weighted by Crippen LogP contribution is -1.79. The Hall–Kier alpha value is -1.55. The quantitative estimate of drug-likeness (QED) is 0.774. The van der Waals surface area contributed by atoms with Crippen molar-refractivity contribution in [2.75, 3.05) is 0 Å². The first kappa shape index (κ1) is 9.98. The van der Waals surface area contributed by atoms with E-state index in [1.165, 1.54) is 17.4 Å². The zero-order valence-corrected chi connectivity index (χ0v) is 8.67. The lowest BCUT2D eigenvalue weighted by atomic mass is 10.2. The van der Waals surface area contributed by atoms with Crippen molar-refractivity contribution >= 4 is 17.4 Å². The van der Waals surface area contributed by atoms with Gasteiger partial charge in [0.25, 0.3) is 0 Å². The monoisotopic (exact) mass is 219 g/mol. The maximum atomic E-state index is 12.5. The molecule has 0 bridgehead atoms. The molecule has 0 aromatic carbocycles. The minimum absolute atomic E-state index is 0.446. The first-order valence-corrected chi connectivity index (χ1v) is 5.18. The van der Waals surface area contributed by atoms with Crippen LogP contribution >= 0.6 is 11.3 Å². The summed E-state index contributed by atoms with van der Waals surface area (Å²) in [6.45, 7) is 3.19. The molecule has 0 aliphatic carbocycles. The predicted molar refractivity (Wildman–Crippen MR) is 59.8 cm³/mol. The zero-order valence-electron chi connectivity index (χ0n) is 7.85. The molecule has 0 atom stereocenters. The van der Waals surface area contributed by atoms with Gasteiger partial charge in [-0.15, -0.1) is 11.3 Å². The molecular formula is C11H8FN2S. The highest BCUT2D eigenvalue weighted by atomic mass is 32.1. The summed E-state index contributed by atoms with van der Waals surface area (Å²) in [6.07, 6.45) is 6.32. The van der Waals surface area contributed by atoms with E-state index in [4.69, 9.17) is 0 Å². The third-order valence-electron chi connectivity index (χ3n) is 1.76. The van der Waals surface area contributed by atoms with Crippen LogP contribution in [-0.2, 0) is 0 Å². The van der Waals surface area contributed by atoms with Crippen molar-refractivity contribution in [3.8, 4) is 10.6 Å². The standard InChI is InChI=1S/C11H8FN2S/c1-8(12)4-9-5-11(15-7-9)10-6-13-2-3-14-10/h2-7H,1H2/b8-4-. The van der Waals surface area contributed by atoms with Gasteiger partial charge >= 0.3 is 0 Å². The Bertz CT molecular complexity index is 472. The molecule has 0 aliphatic rings. The summed E-state index contributed by atoms with van der Waals surface area (Å²) in [7, 11) is 0. The first-order chi connectivity index (χ1) is 7.25. The van der Waals surface area contributed by atoms with E-state index in [1.54, 1.807) is 18.6 Å². The molecule has 2 nitrogen and oxygen atoms in total. The number of halogens is 1. The summed E-state index contributed by atoms with van der Waals surface area (Å²) < 4.78 is 12.5. The van der Waals surface area contributed by atoms with Crippen LogP contribution in [0.4, 0.5) is 4.39 Å². The van der Waals surface area contributed by atoms with E-state index in [2.05, 4.69) is 16.9 Å². The van der Waals surface area contributed by atoms with E-state index in [0.29, 0.717) is 0 Å². The van der Waals surface area contributed by atoms with Crippen LogP contribution in [0.3, 0.4) is 0 Å². The highest BCUT2D eigenvalue weighted by Gasteiger charge is 2.02. The number of nitrogens with zero attached hydrogens (tertiary/aromatic N) is 2. The van der Waals surface area contributed by atoms with Gasteiger partial charge in [-0.25, -0.2) is 4.39 Å². The minimum Gasteiger partial charge on any atom is -0.261 e. The third-order valence-corrected chi connectivity index (χ3v) is 2.73. The molecule has 75 valence electrons. The Morgan fingerprint density at radius 2 is 2.33 bits per heavy atom. The van der Waals surface area contributed by atoms with Crippen molar-refractivity contribution in [3.05, 3.63) is 48.4 Å². The van der Waals surface area contributed by atoms with Gasteiger partial charge in [0.1, 0.15) is 5.83 Å². The van der Waals surface area contributed by atoms with Crippen molar-refractivity contribution in [2.45, 2.75) is 0 Å². The molecule has 2 heterocycles. The molecule has 0 N–H and O–H groups in total. The van der Waals surface area contributed by atoms with Gasteiger partial charge in [0.05, 0.1) is 16.8 Å². The topological polar surface area (TPSA) is 25.8 Å². The number of rotatable bonds is 2. The van der Waals surface area contributed by atoms with Crippen LogP contribution in [0.15, 0.2) is 35.9 Å². The number of hydrogen-bond acceptors (Lipinski definition) is 3. The van der Waals surface area contributed by atoms with Crippen LogP contribution in [0.5, 0.6) is 0 Å². The van der Waals surface area contributed by atoms with Crippen LogP contribution in [0, 0.1) is 6.92 Å². The molecule has 0 aliphatic heterocycles. The molecule has 0 saturated heterocycles. The largest absolute Gasteiger partial charge is 0.261 e. The van der Waals surface area contributed by atoms with E-state index < -0.39 is 5.83 Å². The molecule has 15 heavy (non-hydrogen) atoms. The van der Waals surface area contributed by atoms with Crippen molar-refractivity contribution in [1.82, 2.24) is 9.97 Å². The Morgan fingerprint density at radius 3 is 3.00 bits per heavy atom. The number of aromatic nitrogens is 2. The average molecular weight is 219 g/mol. The summed E-state index contributed by atoms with van der Waals surface area (Å²) in [5.41, 5.74) is 1.60. The van der Waals surface area contributed by atoms with Crippen molar-refractivity contribution < 1.29 is 4.39 Å². The fourth-order valence-corrected chi connectivity index (χ4v) is 2.00. The van der Waals surface area contributed by atoms with Gasteiger partial charge in [-0.1, -0.05) is 0 Å². The second kappa shape index (κ2) is 4.31. The second-order valence-electron chi connectivity index (χ2n) is 2.93. The van der Waals surface area contributed by atoms with Gasteiger partial charge in [0.2, 0.25) is 0 Å². The molecule has 0 spiro atoms. The molecular weight excluding hydrogens is 211 g/mol. The van der Waals surface area contributed by atoms with Gasteiger partial charge in [-0.05, 0) is 23.1 Å². The molecule has 2 aromatic heterocycles. The number of allylic oxidation sites excluding steroid dienone is 1. The van der Waals surface area contributed by atoms with E-state index in [9.17, 15) is 4.39 Å². The maximum absolute atomic E-state index is 12.5. The smallest absolute Gasteiger partial charge is 0.101 e. The fraction of sp³-hybridized carbons (Fsp3) is 0. The Labute approximate surface area is 91.1 Å². The van der Waals surface area contributed by atoms with Crippen LogP contribution in [0.1, 0.15) is 5.56 Å². The first-order valence-electron chi connectivity index (χ1n) is 4.30. The van der Waals surface area contributed by atoms with Gasteiger partial charge in [0, 0.05) is 19.3 Å². The van der Waals surface area contributed by atoms with Crippen LogP contribution in [-0.4, -0.2) is 9.97 Å². The highest BCUT2D eigenvalue weighted by Crippen LogP contribution is 2.26. The second-order valence-corrected chi connectivity index (χ2v) is 3.84. The molecule has 0 fully saturated rings. The minimum atomic E-state index is -0.446. The third kappa shape index (κ3) is 2.47. The summed E-state index contributed by atoms with van der Waals surface area (Å²) in [4.78, 5) is 9.10. The molecule has 0 unspecified atom stereocenters. The lowest BCUT2D eigenvalue weighted by molar-refractivity contribution is 0.673. The van der Waals surface area contributed by atoms with Crippen molar-refractivity contribution in [3.63, 3.8) is 0 Å². The zero-order chi connectivity index (χ0) is 10.7. The van der Waals surface area contributed by atoms with E-state index in [-0.39, 0.29) is 0 Å².